The Morgan fingerprint density at radius 3 is 2.67 bits per heavy atom. The molecule has 1 amide bonds. The van der Waals surface area contributed by atoms with Gasteiger partial charge in [0.2, 0.25) is 0 Å². The van der Waals surface area contributed by atoms with Gasteiger partial charge in [-0.05, 0) is 62.9 Å². The Morgan fingerprint density at radius 1 is 1.18 bits per heavy atom. The molecule has 1 unspecified atom stereocenters. The number of anilines is 1. The van der Waals surface area contributed by atoms with E-state index >= 15 is 0 Å². The minimum atomic E-state index is -0.342. The van der Waals surface area contributed by atoms with Gasteiger partial charge in [-0.15, -0.1) is 24.0 Å². The highest BCUT2D eigenvalue weighted by Gasteiger charge is 2.23. The van der Waals surface area contributed by atoms with E-state index in [-0.39, 0.29) is 42.1 Å². The first kappa shape index (κ1) is 26.9. The van der Waals surface area contributed by atoms with Gasteiger partial charge in [-0.1, -0.05) is 24.3 Å². The molecule has 0 aliphatic carbocycles. The van der Waals surface area contributed by atoms with Crippen molar-refractivity contribution >= 4 is 41.5 Å². The first-order valence-corrected chi connectivity index (χ1v) is 11.2. The van der Waals surface area contributed by atoms with Gasteiger partial charge in [-0.25, -0.2) is 0 Å². The van der Waals surface area contributed by atoms with Crippen LogP contribution in [0.1, 0.15) is 43.4 Å². The number of aliphatic imine (C=N–C) groups is 1. The van der Waals surface area contributed by atoms with Crippen LogP contribution in [0, 0.1) is 6.92 Å². The Balaban J connectivity index is 0.00000385. The minimum absolute atomic E-state index is 0. The van der Waals surface area contributed by atoms with Crippen LogP contribution >= 0.6 is 24.0 Å². The third-order valence-electron chi connectivity index (χ3n) is 5.13. The predicted molar refractivity (Wildman–Crippen MR) is 143 cm³/mol. The number of benzene rings is 2. The van der Waals surface area contributed by atoms with Gasteiger partial charge in [-0.3, -0.25) is 9.79 Å². The third kappa shape index (κ3) is 8.51. The molecule has 2 aromatic carbocycles. The molecule has 1 saturated heterocycles. The number of ether oxygens (including phenoxy) is 2. The molecule has 1 heterocycles. The lowest BCUT2D eigenvalue weighted by Crippen LogP contribution is -2.36. The molecule has 3 rings (SSSR count). The lowest BCUT2D eigenvalue weighted by Gasteiger charge is -2.17. The summed E-state index contributed by atoms with van der Waals surface area (Å²) < 4.78 is 11.4. The van der Waals surface area contributed by atoms with Gasteiger partial charge in [0.1, 0.15) is 11.9 Å². The van der Waals surface area contributed by atoms with E-state index in [4.69, 9.17) is 9.47 Å². The van der Waals surface area contributed by atoms with Crippen LogP contribution in [-0.2, 0) is 22.6 Å². The second-order valence-electron chi connectivity index (χ2n) is 8.25. The van der Waals surface area contributed by atoms with Crippen LogP contribution in [0.15, 0.2) is 47.5 Å². The number of amides is 1. The molecule has 0 radical (unpaired) electrons. The van der Waals surface area contributed by atoms with Crippen molar-refractivity contribution in [1.82, 2.24) is 10.6 Å². The molecule has 1 atom stereocenters. The highest BCUT2D eigenvalue weighted by Crippen LogP contribution is 2.21. The van der Waals surface area contributed by atoms with E-state index in [2.05, 4.69) is 46.1 Å². The molecule has 0 aromatic heterocycles. The van der Waals surface area contributed by atoms with Crippen LogP contribution in [0.2, 0.25) is 0 Å². The van der Waals surface area contributed by atoms with Crippen LogP contribution in [0.3, 0.4) is 0 Å². The number of carbonyl (C=O) groups excluding carboxylic acids is 1. The summed E-state index contributed by atoms with van der Waals surface area (Å²) in [5.74, 6) is 1.50. The van der Waals surface area contributed by atoms with Gasteiger partial charge in [0.05, 0.1) is 6.10 Å². The highest BCUT2D eigenvalue weighted by atomic mass is 127. The van der Waals surface area contributed by atoms with Crippen LogP contribution < -0.4 is 20.7 Å². The van der Waals surface area contributed by atoms with E-state index in [1.54, 1.807) is 7.05 Å². The van der Waals surface area contributed by atoms with Crippen molar-refractivity contribution in [1.29, 1.82) is 0 Å². The Kier molecular flexibility index (Phi) is 10.9. The first-order valence-electron chi connectivity index (χ1n) is 11.2. The largest absolute Gasteiger partial charge is 0.491 e. The lowest BCUT2D eigenvalue weighted by atomic mass is 10.1. The van der Waals surface area contributed by atoms with Crippen molar-refractivity contribution in [3.8, 4) is 5.75 Å². The number of nitrogens with zero attached hydrogens (tertiary/aromatic N) is 1. The summed E-state index contributed by atoms with van der Waals surface area (Å²) in [4.78, 5) is 16.6. The summed E-state index contributed by atoms with van der Waals surface area (Å²) >= 11 is 0. The molecule has 1 fully saturated rings. The second kappa shape index (κ2) is 13.4. The van der Waals surface area contributed by atoms with Gasteiger partial charge in [0.25, 0.3) is 5.91 Å². The van der Waals surface area contributed by atoms with Crippen LogP contribution in [0.25, 0.3) is 0 Å². The lowest BCUT2D eigenvalue weighted by molar-refractivity contribution is -0.124. The van der Waals surface area contributed by atoms with E-state index in [1.165, 1.54) is 5.56 Å². The maximum atomic E-state index is 12.3. The summed E-state index contributed by atoms with van der Waals surface area (Å²) in [7, 11) is 1.74. The molecule has 180 valence electrons. The normalized spacial score (nSPS) is 15.7. The van der Waals surface area contributed by atoms with E-state index < -0.39 is 0 Å². The molecule has 0 saturated carbocycles. The molecule has 1 aliphatic heterocycles. The van der Waals surface area contributed by atoms with Crippen LogP contribution in [0.5, 0.6) is 5.75 Å². The zero-order chi connectivity index (χ0) is 22.9. The molecular weight excluding hydrogens is 531 g/mol. The molecule has 1 aliphatic rings. The van der Waals surface area contributed by atoms with Crippen molar-refractivity contribution in [3.63, 3.8) is 0 Å². The number of rotatable bonds is 8. The SMILES string of the molecule is CN=C(NCc1cccc(NC(=O)C2CCCO2)c1)NCc1ccc(C)cc1OC(C)C.I. The van der Waals surface area contributed by atoms with E-state index in [0.717, 1.165) is 35.4 Å². The third-order valence-corrected chi connectivity index (χ3v) is 5.13. The van der Waals surface area contributed by atoms with Crippen molar-refractivity contribution in [2.24, 2.45) is 4.99 Å². The molecule has 7 nitrogen and oxygen atoms in total. The van der Waals surface area contributed by atoms with Gasteiger partial charge >= 0.3 is 0 Å². The maximum Gasteiger partial charge on any atom is 0.253 e. The smallest absolute Gasteiger partial charge is 0.253 e. The van der Waals surface area contributed by atoms with Gasteiger partial charge < -0.3 is 25.4 Å². The fourth-order valence-electron chi connectivity index (χ4n) is 3.52. The average molecular weight is 566 g/mol. The Bertz CT molecular complexity index is 943. The monoisotopic (exact) mass is 566 g/mol. The minimum Gasteiger partial charge on any atom is -0.491 e. The number of aryl methyl sites for hydroxylation is 1. The number of guanidine groups is 1. The van der Waals surface area contributed by atoms with E-state index in [0.29, 0.717) is 25.7 Å². The maximum absolute atomic E-state index is 12.3. The fraction of sp³-hybridized carbons (Fsp3) is 0.440. The topological polar surface area (TPSA) is 84.0 Å². The number of hydrogen-bond acceptors (Lipinski definition) is 4. The molecule has 8 heteroatoms. The number of halogens is 1. The number of carbonyl (C=O) groups is 1. The van der Waals surface area contributed by atoms with Crippen molar-refractivity contribution < 1.29 is 14.3 Å². The number of hydrogen-bond donors (Lipinski definition) is 3. The number of nitrogens with one attached hydrogen (secondary N) is 3. The molecule has 0 bridgehead atoms. The standard InChI is InChI=1S/C25H34N4O3.HI/c1-17(2)32-23-13-18(3)10-11-20(23)16-28-25(26-4)27-15-19-7-5-8-21(14-19)29-24(30)22-9-6-12-31-22;/h5,7-8,10-11,13-14,17,22H,6,9,12,15-16H2,1-4H3,(H,29,30)(H2,26,27,28);1H. The van der Waals surface area contributed by atoms with Gasteiger partial charge in [0.15, 0.2) is 5.96 Å². The Hall–Kier alpha value is -2.33. The summed E-state index contributed by atoms with van der Waals surface area (Å²) in [6, 6.07) is 14.0. The molecule has 33 heavy (non-hydrogen) atoms. The van der Waals surface area contributed by atoms with Crippen molar-refractivity contribution in [2.75, 3.05) is 19.0 Å². The first-order chi connectivity index (χ1) is 15.4. The molecule has 2 aromatic rings. The predicted octanol–water partition coefficient (Wildman–Crippen LogP) is 4.38. The average Bonchev–Trinajstić information content (AvgIpc) is 3.30. The van der Waals surface area contributed by atoms with Gasteiger partial charge in [0, 0.05) is 38.0 Å². The fourth-order valence-corrected chi connectivity index (χ4v) is 3.52. The van der Waals surface area contributed by atoms with E-state index in [1.807, 2.05) is 38.1 Å². The Morgan fingerprint density at radius 2 is 1.97 bits per heavy atom. The zero-order valence-electron chi connectivity index (χ0n) is 19.8. The second-order valence-corrected chi connectivity index (χ2v) is 8.25. The van der Waals surface area contributed by atoms with Crippen LogP contribution in [0.4, 0.5) is 5.69 Å². The summed E-state index contributed by atoms with van der Waals surface area (Å²) in [6.45, 7) is 7.94. The quantitative estimate of drug-likeness (QED) is 0.251. The summed E-state index contributed by atoms with van der Waals surface area (Å²) in [6.07, 6.45) is 1.48. The summed E-state index contributed by atoms with van der Waals surface area (Å²) in [5, 5.41) is 9.62. The van der Waals surface area contributed by atoms with Crippen molar-refractivity contribution in [3.05, 3.63) is 59.2 Å². The van der Waals surface area contributed by atoms with Crippen LogP contribution in [-0.4, -0.2) is 37.7 Å². The molecular formula is C25H35IN4O3. The Labute approximate surface area is 213 Å². The van der Waals surface area contributed by atoms with Gasteiger partial charge in [-0.2, -0.15) is 0 Å². The summed E-state index contributed by atoms with van der Waals surface area (Å²) in [5.41, 5.74) is 4.05. The zero-order valence-corrected chi connectivity index (χ0v) is 22.1. The highest BCUT2D eigenvalue weighted by molar-refractivity contribution is 14.0. The van der Waals surface area contributed by atoms with Crippen molar-refractivity contribution in [2.45, 2.75) is 58.9 Å². The van der Waals surface area contributed by atoms with E-state index in [9.17, 15) is 4.79 Å². The molecule has 0 spiro atoms. The molecule has 3 N–H and O–H groups in total.